The van der Waals surface area contributed by atoms with Crippen LogP contribution in [0.1, 0.15) is 40.9 Å². The van der Waals surface area contributed by atoms with Gasteiger partial charge in [-0.1, -0.05) is 12.1 Å². The zero-order valence-electron chi connectivity index (χ0n) is 39.2. The quantitative estimate of drug-likeness (QED) is 0.0579. The van der Waals surface area contributed by atoms with Crippen LogP contribution in [-0.2, 0) is 26.2 Å². The second kappa shape index (κ2) is 21.5. The number of carbonyl (C=O) groups excluding carboxylic acids is 2. The van der Waals surface area contributed by atoms with Crippen molar-refractivity contribution in [2.45, 2.75) is 42.3 Å². The number of anilines is 2. The summed E-state index contributed by atoms with van der Waals surface area (Å²) in [7, 11) is 4.00. The smallest absolute Gasteiger partial charge is 0.490 e. The lowest BCUT2D eigenvalue weighted by Crippen LogP contribution is -2.31. The SMILES string of the molecule is C[C@@H](Cl)[C@@H]1CN(C(=O)c2cc3cc(OCCN(C)C)ccc3[nH]2)c2cc(O)c3cc(CNC(=O)CCNS(=O)(=O)c4ccc(-c5ncc(-c6ccc(N(C)C)cc6)o5)cc4)ccc3c21.O=C(O)C(F)(F)F. The first-order chi connectivity index (χ1) is 33.6. The lowest BCUT2D eigenvalue weighted by molar-refractivity contribution is -0.192. The van der Waals surface area contributed by atoms with E-state index in [9.17, 15) is 36.3 Å². The van der Waals surface area contributed by atoms with Crippen LogP contribution in [0.2, 0.25) is 0 Å². The van der Waals surface area contributed by atoms with Gasteiger partial charge in [-0.2, -0.15) is 13.2 Å². The fourth-order valence-electron chi connectivity index (χ4n) is 7.86. The molecule has 0 aliphatic carbocycles. The Morgan fingerprint density at radius 3 is 2.30 bits per heavy atom. The minimum Gasteiger partial charge on any atom is -0.507 e. The number of carboxylic acid groups (broad SMARTS) is 1. The molecule has 71 heavy (non-hydrogen) atoms. The highest BCUT2D eigenvalue weighted by Crippen LogP contribution is 2.47. The molecule has 0 unspecified atom stereocenters. The van der Waals surface area contributed by atoms with Crippen molar-refractivity contribution in [3.05, 3.63) is 120 Å². The molecular weight excluding hydrogens is 967 g/mol. The average molecular weight is 1020 g/mol. The number of hydrogen-bond donors (Lipinski definition) is 5. The summed E-state index contributed by atoms with van der Waals surface area (Å²) in [6, 6.07) is 28.7. The van der Waals surface area contributed by atoms with Crippen molar-refractivity contribution in [3.8, 4) is 34.3 Å². The molecular formula is C50H51ClF3N7O9S. The zero-order chi connectivity index (χ0) is 51.4. The first-order valence-corrected chi connectivity index (χ1v) is 24.1. The van der Waals surface area contributed by atoms with E-state index in [1.54, 1.807) is 35.4 Å². The van der Waals surface area contributed by atoms with E-state index in [0.29, 0.717) is 52.9 Å². The van der Waals surface area contributed by atoms with Crippen LogP contribution in [0.25, 0.3) is 44.5 Å². The van der Waals surface area contributed by atoms with Crippen molar-refractivity contribution in [2.24, 2.45) is 0 Å². The molecule has 2 atom stereocenters. The van der Waals surface area contributed by atoms with Crippen molar-refractivity contribution >= 4 is 72.5 Å². The van der Waals surface area contributed by atoms with Crippen molar-refractivity contribution in [3.63, 3.8) is 0 Å². The number of amides is 2. The predicted molar refractivity (Wildman–Crippen MR) is 265 cm³/mol. The number of nitrogens with zero attached hydrogens (tertiary/aromatic N) is 4. The van der Waals surface area contributed by atoms with Crippen LogP contribution in [0.3, 0.4) is 0 Å². The first kappa shape index (κ1) is 51.7. The Bertz CT molecular complexity index is 3180. The van der Waals surface area contributed by atoms with Gasteiger partial charge >= 0.3 is 12.1 Å². The number of likely N-dealkylation sites (N-methyl/N-ethyl adjacent to an activating group) is 1. The molecule has 374 valence electrons. The third-order valence-electron chi connectivity index (χ3n) is 11.6. The van der Waals surface area contributed by atoms with Crippen LogP contribution < -0.4 is 24.6 Å². The number of halogens is 4. The van der Waals surface area contributed by atoms with Crippen LogP contribution >= 0.6 is 11.6 Å². The van der Waals surface area contributed by atoms with Crippen LogP contribution in [0.4, 0.5) is 24.5 Å². The van der Waals surface area contributed by atoms with E-state index in [0.717, 1.165) is 45.2 Å². The summed E-state index contributed by atoms with van der Waals surface area (Å²) in [5.41, 5.74) is 5.92. The number of hydrogen-bond acceptors (Lipinski definition) is 11. The lowest BCUT2D eigenvalue weighted by Gasteiger charge is -2.18. The Labute approximate surface area is 412 Å². The maximum absolute atomic E-state index is 14.1. The van der Waals surface area contributed by atoms with Gasteiger partial charge in [0.2, 0.25) is 21.8 Å². The van der Waals surface area contributed by atoms with E-state index in [1.165, 1.54) is 12.1 Å². The molecule has 0 saturated carbocycles. The van der Waals surface area contributed by atoms with Gasteiger partial charge in [0.15, 0.2) is 5.76 Å². The molecule has 0 radical (unpaired) electrons. The Morgan fingerprint density at radius 2 is 1.65 bits per heavy atom. The Kier molecular flexibility index (Phi) is 15.6. The molecule has 0 bridgehead atoms. The number of aliphatic carboxylic acids is 1. The summed E-state index contributed by atoms with van der Waals surface area (Å²) in [6.07, 6.45) is -3.55. The molecule has 1 aliphatic heterocycles. The van der Waals surface area contributed by atoms with Crippen LogP contribution in [0, 0.1) is 0 Å². The number of phenolic OH excluding ortho intramolecular Hbond substituents is 1. The Balaban J connectivity index is 0.000000985. The van der Waals surface area contributed by atoms with Gasteiger partial charge in [0.25, 0.3) is 5.91 Å². The van der Waals surface area contributed by atoms with Gasteiger partial charge in [-0.05, 0) is 116 Å². The number of aromatic nitrogens is 2. The van der Waals surface area contributed by atoms with E-state index in [2.05, 4.69) is 20.0 Å². The van der Waals surface area contributed by atoms with Crippen LogP contribution in [-0.4, -0.2) is 117 Å². The minimum absolute atomic E-state index is 0.0163. The van der Waals surface area contributed by atoms with Gasteiger partial charge in [0.05, 0.1) is 16.8 Å². The maximum Gasteiger partial charge on any atom is 0.490 e. The van der Waals surface area contributed by atoms with Gasteiger partial charge in [-0.25, -0.2) is 22.9 Å². The molecule has 1 aliphatic rings. The van der Waals surface area contributed by atoms with E-state index < -0.39 is 22.2 Å². The number of nitrogens with one attached hydrogen (secondary N) is 3. The number of aromatic amines is 1. The number of ether oxygens (including phenoxy) is 1. The highest BCUT2D eigenvalue weighted by atomic mass is 35.5. The third-order valence-corrected chi connectivity index (χ3v) is 13.4. The number of H-pyrrole nitrogens is 1. The number of alkyl halides is 4. The Morgan fingerprint density at radius 1 is 0.958 bits per heavy atom. The van der Waals surface area contributed by atoms with Crippen LogP contribution in [0.15, 0.2) is 113 Å². The van der Waals surface area contributed by atoms with E-state index in [4.69, 9.17) is 30.7 Å². The number of rotatable bonds is 16. The van der Waals surface area contributed by atoms with Gasteiger partial charge in [0.1, 0.15) is 23.8 Å². The van der Waals surface area contributed by atoms with Crippen molar-refractivity contribution < 1.29 is 55.3 Å². The van der Waals surface area contributed by atoms with Crippen molar-refractivity contribution in [2.75, 3.05) is 64.2 Å². The normalized spacial score (nSPS) is 14.0. The predicted octanol–water partition coefficient (Wildman–Crippen LogP) is 8.34. The number of benzene rings is 5. The molecule has 3 heterocycles. The number of fused-ring (bicyclic) bond motifs is 4. The second-order valence-electron chi connectivity index (χ2n) is 17.2. The van der Waals surface area contributed by atoms with Gasteiger partial charge in [-0.3, -0.25) is 9.59 Å². The summed E-state index contributed by atoms with van der Waals surface area (Å²) in [5, 5.41) is 23.2. The van der Waals surface area contributed by atoms with Gasteiger partial charge in [-0.15, -0.1) is 11.6 Å². The lowest BCUT2D eigenvalue weighted by atomic mass is 9.91. The number of carboxylic acids is 1. The number of phenols is 1. The molecule has 5 aromatic carbocycles. The third kappa shape index (κ3) is 12.3. The highest BCUT2D eigenvalue weighted by molar-refractivity contribution is 7.89. The summed E-state index contributed by atoms with van der Waals surface area (Å²) in [6.45, 7) is 3.57. The number of carbonyl (C=O) groups is 3. The molecule has 2 aromatic heterocycles. The molecule has 8 rings (SSSR count). The van der Waals surface area contributed by atoms with Crippen LogP contribution in [0.5, 0.6) is 11.5 Å². The summed E-state index contributed by atoms with van der Waals surface area (Å²) >= 11 is 6.77. The molecule has 2 amide bonds. The number of sulfonamides is 1. The topological polar surface area (TPSA) is 211 Å². The highest BCUT2D eigenvalue weighted by Gasteiger charge is 2.39. The monoisotopic (exact) mass is 1020 g/mol. The molecule has 7 aromatic rings. The largest absolute Gasteiger partial charge is 0.507 e. The van der Waals surface area contributed by atoms with Gasteiger partial charge < -0.3 is 44.4 Å². The minimum atomic E-state index is -5.08. The molecule has 0 spiro atoms. The zero-order valence-corrected chi connectivity index (χ0v) is 40.7. The Hall–Kier alpha value is -7.13. The fraction of sp³-hybridized carbons (Fsp3) is 0.280. The summed E-state index contributed by atoms with van der Waals surface area (Å²) in [5.74, 6) is -1.92. The maximum atomic E-state index is 14.1. The standard InChI is InChI=1S/C48H50ClN7O7S.C2HF3O2/c1-29(49)39-28-56(48(59)41-24-33-23-35(13-17-40(33)53-41)62-21-20-54(2)3)42-25-43(57)38-22-30(6-16-37(38)46(39)42)26-50-45(58)18-19-52-64(60,61)36-14-9-32(10-15-36)47-51-27-44(63-47)31-7-11-34(12-8-31)55(4)5;3-2(4,5)1(6)7/h6-17,22-25,27,29,39,52-53,57H,18-21,26,28H2,1-5H3,(H,50,58);(H,6,7)/t29-,39+;/m1./s1. The van der Waals surface area contributed by atoms with E-state index >= 15 is 0 Å². The van der Waals surface area contributed by atoms with Crippen molar-refractivity contribution in [1.82, 2.24) is 24.9 Å². The first-order valence-electron chi connectivity index (χ1n) is 22.1. The van der Waals surface area contributed by atoms with E-state index in [-0.39, 0.29) is 53.3 Å². The molecule has 0 saturated heterocycles. The molecule has 0 fully saturated rings. The van der Waals surface area contributed by atoms with Gasteiger partial charge in [0, 0.05) is 97.2 Å². The number of aromatic hydroxyl groups is 1. The van der Waals surface area contributed by atoms with Crippen molar-refractivity contribution in [1.29, 1.82) is 0 Å². The second-order valence-corrected chi connectivity index (χ2v) is 19.7. The summed E-state index contributed by atoms with van der Waals surface area (Å²) < 4.78 is 72.3. The summed E-state index contributed by atoms with van der Waals surface area (Å²) in [4.78, 5) is 49.2. The molecule has 21 heteroatoms. The fourth-order valence-corrected chi connectivity index (χ4v) is 9.10. The molecule has 16 nitrogen and oxygen atoms in total. The number of oxazole rings is 1. The average Bonchev–Trinajstić information content (AvgIpc) is 4.09. The molecule has 5 N–H and O–H groups in total. The van der Waals surface area contributed by atoms with E-state index in [1.807, 2.05) is 106 Å².